The molecule has 2 aromatic heterocycles. The largest absolute Gasteiger partial charge is 0.414 e. The van der Waals surface area contributed by atoms with E-state index >= 15 is 0 Å². The van der Waals surface area contributed by atoms with Gasteiger partial charge in [-0.05, 0) is 12.1 Å². The van der Waals surface area contributed by atoms with Crippen LogP contribution in [0.25, 0.3) is 23.0 Å². The van der Waals surface area contributed by atoms with Crippen molar-refractivity contribution in [2.75, 3.05) is 6.61 Å². The molecule has 0 spiro atoms. The average Bonchev–Trinajstić information content (AvgIpc) is 3.08. The van der Waals surface area contributed by atoms with E-state index in [9.17, 15) is 0 Å². The first-order chi connectivity index (χ1) is 9.36. The van der Waals surface area contributed by atoms with Gasteiger partial charge in [0.25, 0.3) is 5.89 Å². The molecule has 2 heterocycles. The molecule has 0 amide bonds. The molecule has 0 fully saturated rings. The van der Waals surface area contributed by atoms with Crippen LogP contribution in [0.2, 0.25) is 0 Å². The Labute approximate surface area is 108 Å². The zero-order chi connectivity index (χ0) is 13.1. The summed E-state index contributed by atoms with van der Waals surface area (Å²) in [4.78, 5) is 0. The summed E-state index contributed by atoms with van der Waals surface area (Å²) < 4.78 is 7.06. The molecule has 0 bridgehead atoms. The van der Waals surface area contributed by atoms with Gasteiger partial charge in [-0.15, -0.1) is 15.3 Å². The van der Waals surface area contributed by atoms with Gasteiger partial charge in [-0.3, -0.25) is 0 Å². The molecular formula is C12H11N5O2. The normalized spacial score (nSPS) is 10.8. The summed E-state index contributed by atoms with van der Waals surface area (Å²) in [6.07, 6.45) is 1.65. The molecule has 0 unspecified atom stereocenters. The predicted octanol–water partition coefficient (Wildman–Crippen LogP) is 0.987. The maximum atomic E-state index is 8.81. The van der Waals surface area contributed by atoms with E-state index in [0.29, 0.717) is 24.0 Å². The van der Waals surface area contributed by atoms with Crippen LogP contribution in [0.3, 0.4) is 0 Å². The van der Waals surface area contributed by atoms with E-state index in [1.165, 1.54) is 4.68 Å². The summed E-state index contributed by atoms with van der Waals surface area (Å²) in [6, 6.07) is 9.49. The molecule has 0 saturated carbocycles. The molecule has 7 nitrogen and oxygen atoms in total. The minimum Gasteiger partial charge on any atom is -0.414 e. The predicted molar refractivity (Wildman–Crippen MR) is 65.8 cm³/mol. The Morgan fingerprint density at radius 3 is 2.63 bits per heavy atom. The van der Waals surface area contributed by atoms with Crippen LogP contribution in [-0.4, -0.2) is 36.9 Å². The molecule has 7 heteroatoms. The first-order valence-electron chi connectivity index (χ1n) is 5.77. The van der Waals surface area contributed by atoms with E-state index in [0.717, 1.165) is 5.56 Å². The minimum absolute atomic E-state index is 0.00188. The average molecular weight is 257 g/mol. The molecule has 0 aliphatic rings. The van der Waals surface area contributed by atoms with Crippen molar-refractivity contribution in [3.63, 3.8) is 0 Å². The summed E-state index contributed by atoms with van der Waals surface area (Å²) in [5.41, 5.74) is 1.34. The zero-order valence-corrected chi connectivity index (χ0v) is 9.97. The van der Waals surface area contributed by atoms with E-state index in [4.69, 9.17) is 9.52 Å². The topological polar surface area (TPSA) is 89.9 Å². The van der Waals surface area contributed by atoms with Gasteiger partial charge in [0, 0.05) is 5.56 Å². The second-order valence-electron chi connectivity index (χ2n) is 3.87. The molecule has 19 heavy (non-hydrogen) atoms. The highest BCUT2D eigenvalue weighted by atomic mass is 16.4. The summed E-state index contributed by atoms with van der Waals surface area (Å²) in [7, 11) is 0. The van der Waals surface area contributed by atoms with Crippen molar-refractivity contribution < 1.29 is 9.52 Å². The van der Waals surface area contributed by atoms with Crippen LogP contribution in [0, 0.1) is 0 Å². The van der Waals surface area contributed by atoms with E-state index < -0.39 is 0 Å². The van der Waals surface area contributed by atoms with Crippen LogP contribution in [-0.2, 0) is 6.54 Å². The van der Waals surface area contributed by atoms with Crippen LogP contribution < -0.4 is 0 Å². The molecule has 0 saturated heterocycles. The van der Waals surface area contributed by atoms with Gasteiger partial charge >= 0.3 is 0 Å². The van der Waals surface area contributed by atoms with Gasteiger partial charge < -0.3 is 9.52 Å². The number of hydrogen-bond acceptors (Lipinski definition) is 6. The van der Waals surface area contributed by atoms with Crippen LogP contribution in [0.4, 0.5) is 0 Å². The lowest BCUT2D eigenvalue weighted by molar-refractivity contribution is 0.268. The van der Waals surface area contributed by atoms with Gasteiger partial charge in [-0.2, -0.15) is 0 Å². The lowest BCUT2D eigenvalue weighted by Gasteiger charge is -1.92. The monoisotopic (exact) mass is 257 g/mol. The van der Waals surface area contributed by atoms with Gasteiger partial charge in [-0.1, -0.05) is 23.4 Å². The Hall–Kier alpha value is -2.54. The van der Waals surface area contributed by atoms with Crippen LogP contribution >= 0.6 is 0 Å². The fraction of sp³-hybridized carbons (Fsp3) is 0.167. The van der Waals surface area contributed by atoms with Crippen molar-refractivity contribution in [1.29, 1.82) is 0 Å². The standard InChI is InChI=1S/C12H11N5O2/c18-7-6-17-8-10(13-16-17)12-15-14-11(19-12)9-4-2-1-3-5-9/h1-5,8,18H,6-7H2. The number of benzene rings is 1. The molecule has 96 valence electrons. The Balaban J connectivity index is 1.88. The van der Waals surface area contributed by atoms with E-state index in [2.05, 4.69) is 20.5 Å². The SMILES string of the molecule is OCCn1cc(-c2nnc(-c3ccccc3)o2)nn1. The molecule has 0 aliphatic heterocycles. The molecule has 0 atom stereocenters. The first kappa shape index (κ1) is 11.5. The summed E-state index contributed by atoms with van der Waals surface area (Å²) in [5, 5.41) is 24.5. The third-order valence-corrected chi connectivity index (χ3v) is 2.53. The lowest BCUT2D eigenvalue weighted by Crippen LogP contribution is -2.01. The van der Waals surface area contributed by atoms with Crippen molar-refractivity contribution in [2.45, 2.75) is 6.54 Å². The molecule has 3 rings (SSSR count). The number of aliphatic hydroxyl groups is 1. The van der Waals surface area contributed by atoms with Gasteiger partial charge in [0.2, 0.25) is 5.89 Å². The summed E-state index contributed by atoms with van der Waals surface area (Å²) in [6.45, 7) is 0.384. The van der Waals surface area contributed by atoms with Crippen molar-refractivity contribution >= 4 is 0 Å². The smallest absolute Gasteiger partial charge is 0.270 e. The maximum Gasteiger partial charge on any atom is 0.270 e. The minimum atomic E-state index is 0.00188. The first-order valence-corrected chi connectivity index (χ1v) is 5.77. The van der Waals surface area contributed by atoms with E-state index in [1.807, 2.05) is 30.3 Å². The second-order valence-corrected chi connectivity index (χ2v) is 3.87. The summed E-state index contributed by atoms with van der Waals surface area (Å²) in [5.74, 6) is 0.746. The highest BCUT2D eigenvalue weighted by molar-refractivity contribution is 5.54. The number of hydrogen-bond donors (Lipinski definition) is 1. The molecule has 1 aromatic carbocycles. The van der Waals surface area contributed by atoms with Crippen molar-refractivity contribution in [1.82, 2.24) is 25.2 Å². The van der Waals surface area contributed by atoms with Gasteiger partial charge in [-0.25, -0.2) is 4.68 Å². The van der Waals surface area contributed by atoms with E-state index in [-0.39, 0.29) is 6.61 Å². The van der Waals surface area contributed by atoms with Crippen LogP contribution in [0.15, 0.2) is 40.9 Å². The Morgan fingerprint density at radius 1 is 1.05 bits per heavy atom. The Bertz CT molecular complexity index is 662. The number of rotatable bonds is 4. The van der Waals surface area contributed by atoms with Crippen LogP contribution in [0.5, 0.6) is 0 Å². The second kappa shape index (κ2) is 4.99. The third kappa shape index (κ3) is 2.36. The Morgan fingerprint density at radius 2 is 1.84 bits per heavy atom. The number of nitrogens with zero attached hydrogens (tertiary/aromatic N) is 5. The molecule has 1 N–H and O–H groups in total. The van der Waals surface area contributed by atoms with E-state index in [1.54, 1.807) is 6.20 Å². The van der Waals surface area contributed by atoms with Crippen molar-refractivity contribution in [3.8, 4) is 23.0 Å². The lowest BCUT2D eigenvalue weighted by atomic mass is 10.2. The third-order valence-electron chi connectivity index (χ3n) is 2.53. The number of aromatic nitrogens is 5. The van der Waals surface area contributed by atoms with Gasteiger partial charge in [0.15, 0.2) is 5.69 Å². The van der Waals surface area contributed by atoms with Crippen molar-refractivity contribution in [3.05, 3.63) is 36.5 Å². The quantitative estimate of drug-likeness (QED) is 0.749. The fourth-order valence-corrected chi connectivity index (χ4v) is 1.63. The number of aliphatic hydroxyl groups excluding tert-OH is 1. The highest BCUT2D eigenvalue weighted by Crippen LogP contribution is 2.21. The van der Waals surface area contributed by atoms with Gasteiger partial charge in [0.1, 0.15) is 0 Å². The molecular weight excluding hydrogens is 246 g/mol. The highest BCUT2D eigenvalue weighted by Gasteiger charge is 2.13. The molecule has 0 radical (unpaired) electrons. The maximum absolute atomic E-state index is 8.81. The molecule has 3 aromatic rings. The fourth-order valence-electron chi connectivity index (χ4n) is 1.63. The van der Waals surface area contributed by atoms with Gasteiger partial charge in [0.05, 0.1) is 19.3 Å². The summed E-state index contributed by atoms with van der Waals surface area (Å²) >= 11 is 0. The van der Waals surface area contributed by atoms with Crippen LogP contribution in [0.1, 0.15) is 0 Å². The molecule has 0 aliphatic carbocycles. The van der Waals surface area contributed by atoms with Crippen molar-refractivity contribution in [2.24, 2.45) is 0 Å². The zero-order valence-electron chi connectivity index (χ0n) is 9.97. The Kier molecular flexibility index (Phi) is 3.03.